The predicted molar refractivity (Wildman–Crippen MR) is 199 cm³/mol. The lowest BCUT2D eigenvalue weighted by Gasteiger charge is -2.50. The number of fused-ring (bicyclic) bond motifs is 3. The molecule has 1 spiro atoms. The zero-order valence-electron chi connectivity index (χ0n) is 29.2. The van der Waals surface area contributed by atoms with Crippen molar-refractivity contribution in [3.8, 4) is 5.75 Å². The number of ether oxygens (including phenoxy) is 2. The summed E-state index contributed by atoms with van der Waals surface area (Å²) in [4.78, 5) is 16.0. The van der Waals surface area contributed by atoms with Crippen LogP contribution in [0.4, 0.5) is 5.69 Å². The molecule has 3 aromatic carbocycles. The van der Waals surface area contributed by atoms with Crippen LogP contribution in [0.25, 0.3) is 0 Å². The minimum atomic E-state index is -3.96. The van der Waals surface area contributed by atoms with E-state index in [1.807, 2.05) is 42.5 Å². The first-order valence-corrected chi connectivity index (χ1v) is 19.7. The Bertz CT molecular complexity index is 1810. The molecule has 1 amide bonds. The van der Waals surface area contributed by atoms with Crippen LogP contribution in [0.1, 0.15) is 73.0 Å². The van der Waals surface area contributed by atoms with E-state index in [-0.39, 0.29) is 35.8 Å². The number of sulfonamides is 1. The molecule has 0 radical (unpaired) electrons. The fraction of sp³-hybridized carbons (Fsp3) is 0.475. The number of hydrogen-bond donors (Lipinski definition) is 2. The van der Waals surface area contributed by atoms with Crippen molar-refractivity contribution in [2.24, 2.45) is 11.8 Å². The number of hydrogen-bond acceptors (Lipinski definition) is 7. The molecule has 2 N–H and O–H groups in total. The molecule has 0 saturated heterocycles. The van der Waals surface area contributed by atoms with Crippen molar-refractivity contribution in [2.75, 3.05) is 38.3 Å². The first-order chi connectivity index (χ1) is 24.0. The lowest BCUT2D eigenvalue weighted by molar-refractivity contribution is -0.103. The van der Waals surface area contributed by atoms with Crippen molar-refractivity contribution in [1.29, 1.82) is 0 Å². The molecule has 3 aliphatic rings. The topological polar surface area (TPSA) is 105 Å². The van der Waals surface area contributed by atoms with Gasteiger partial charge >= 0.3 is 0 Å². The smallest absolute Gasteiger partial charge is 0.264 e. The number of aliphatic hydroxyl groups is 1. The molecule has 8 nitrogen and oxygen atoms in total. The molecule has 6 rings (SSSR count). The molecule has 0 unspecified atom stereocenters. The van der Waals surface area contributed by atoms with E-state index in [1.54, 1.807) is 32.2 Å². The third-order valence-corrected chi connectivity index (χ3v) is 13.1. The Kier molecular flexibility index (Phi) is 11.0. The molecule has 1 fully saturated rings. The monoisotopic (exact) mass is 720 g/mol. The number of aliphatic hydroxyl groups excluding tert-OH is 1. The maximum Gasteiger partial charge on any atom is 0.264 e. The standard InChI is InChI=1S/C40H49ClN2O6S/c1-4-5-20-40(26-44,48-3)35-16-13-32(35)24-43-25-39(19-9-12-30-22-33(41)15-17-34(30)39)27-49-37-18-14-31(23-36(37)43)38(45)42-50(46,47)28(2)21-29-10-7-6-8-11-29/h5-8,10-11,14-15,17-18,20,22-23,28,32,35,44H,4,9,12-13,16,19,21,24-27H2,1-3H3,(H,42,45)/b20-5+/t28-,32-,35+,39-,40-/m0/s1. The number of allylic oxidation sites excluding steroid dienone is 1. The molecule has 3 aromatic rings. The maximum absolute atomic E-state index is 13.6. The van der Waals surface area contributed by atoms with Crippen LogP contribution in [0.5, 0.6) is 5.75 Å². The van der Waals surface area contributed by atoms with E-state index < -0.39 is 26.8 Å². The van der Waals surface area contributed by atoms with Crippen molar-refractivity contribution in [3.05, 3.63) is 106 Å². The molecule has 1 saturated carbocycles. The first kappa shape index (κ1) is 36.4. The Morgan fingerprint density at radius 2 is 1.98 bits per heavy atom. The summed E-state index contributed by atoms with van der Waals surface area (Å²) in [6.07, 6.45) is 10.00. The van der Waals surface area contributed by atoms with Crippen LogP contribution in [-0.2, 0) is 33.0 Å². The summed E-state index contributed by atoms with van der Waals surface area (Å²) in [6, 6.07) is 20.7. The van der Waals surface area contributed by atoms with Gasteiger partial charge in [0.1, 0.15) is 11.4 Å². The summed E-state index contributed by atoms with van der Waals surface area (Å²) in [5.74, 6) is 0.288. The molecular weight excluding hydrogens is 672 g/mol. The van der Waals surface area contributed by atoms with E-state index in [9.17, 15) is 18.3 Å². The Balaban J connectivity index is 1.33. The van der Waals surface area contributed by atoms with Gasteiger partial charge in [-0.15, -0.1) is 0 Å². The first-order valence-electron chi connectivity index (χ1n) is 17.8. The second-order valence-corrected chi connectivity index (χ2v) is 16.9. The van der Waals surface area contributed by atoms with Gasteiger partial charge in [0.25, 0.3) is 5.91 Å². The number of carbonyl (C=O) groups is 1. The van der Waals surface area contributed by atoms with Gasteiger partial charge in [-0.3, -0.25) is 4.79 Å². The zero-order valence-corrected chi connectivity index (χ0v) is 30.8. The van der Waals surface area contributed by atoms with E-state index in [0.29, 0.717) is 25.4 Å². The molecule has 5 atom stereocenters. The summed E-state index contributed by atoms with van der Waals surface area (Å²) in [7, 11) is -2.29. The van der Waals surface area contributed by atoms with Crippen molar-refractivity contribution < 1.29 is 27.8 Å². The van der Waals surface area contributed by atoms with Gasteiger partial charge < -0.3 is 19.5 Å². The third kappa shape index (κ3) is 7.33. The maximum atomic E-state index is 13.6. The van der Waals surface area contributed by atoms with Crippen molar-refractivity contribution in [3.63, 3.8) is 0 Å². The van der Waals surface area contributed by atoms with Crippen LogP contribution < -0.4 is 14.4 Å². The van der Waals surface area contributed by atoms with Gasteiger partial charge in [-0.05, 0) is 111 Å². The largest absolute Gasteiger partial charge is 0.490 e. The Labute approximate surface area is 301 Å². The number of methoxy groups -OCH3 is 1. The molecule has 50 heavy (non-hydrogen) atoms. The zero-order chi connectivity index (χ0) is 35.5. The summed E-state index contributed by atoms with van der Waals surface area (Å²) in [5.41, 5.74) is 3.27. The van der Waals surface area contributed by atoms with Crippen LogP contribution in [0, 0.1) is 11.8 Å². The number of halogens is 1. The number of anilines is 1. The highest BCUT2D eigenvalue weighted by atomic mass is 35.5. The number of rotatable bonds is 12. The van der Waals surface area contributed by atoms with Crippen molar-refractivity contribution in [1.82, 2.24) is 4.72 Å². The third-order valence-electron chi connectivity index (χ3n) is 11.2. The van der Waals surface area contributed by atoms with E-state index in [2.05, 4.69) is 34.8 Å². The van der Waals surface area contributed by atoms with Crippen LogP contribution in [0.2, 0.25) is 5.02 Å². The van der Waals surface area contributed by atoms with Crippen LogP contribution in [0.3, 0.4) is 0 Å². The molecule has 0 aromatic heterocycles. The van der Waals surface area contributed by atoms with Crippen molar-refractivity contribution >= 4 is 33.2 Å². The van der Waals surface area contributed by atoms with Crippen LogP contribution in [0.15, 0.2) is 78.9 Å². The summed E-state index contributed by atoms with van der Waals surface area (Å²) in [6.45, 7) is 5.35. The van der Waals surface area contributed by atoms with Crippen molar-refractivity contribution in [2.45, 2.75) is 75.1 Å². The van der Waals surface area contributed by atoms with E-state index >= 15 is 0 Å². The molecule has 268 valence electrons. The van der Waals surface area contributed by atoms with Gasteiger partial charge in [0.2, 0.25) is 10.0 Å². The van der Waals surface area contributed by atoms with E-state index in [0.717, 1.165) is 54.8 Å². The summed E-state index contributed by atoms with van der Waals surface area (Å²) < 4.78 is 41.6. The van der Waals surface area contributed by atoms with Crippen LogP contribution in [-0.4, -0.2) is 63.7 Å². The number of aryl methyl sites for hydroxylation is 1. The highest BCUT2D eigenvalue weighted by Crippen LogP contribution is 2.48. The second kappa shape index (κ2) is 15.1. The highest BCUT2D eigenvalue weighted by Gasteiger charge is 2.48. The lowest BCUT2D eigenvalue weighted by Crippen LogP contribution is -2.54. The second-order valence-electron chi connectivity index (χ2n) is 14.3. The van der Waals surface area contributed by atoms with Gasteiger partial charge in [0, 0.05) is 36.2 Å². The molecule has 1 aliphatic heterocycles. The number of nitrogens with zero attached hydrogens (tertiary/aromatic N) is 1. The van der Waals surface area contributed by atoms with E-state index in [1.165, 1.54) is 11.1 Å². The summed E-state index contributed by atoms with van der Waals surface area (Å²) in [5, 5.41) is 10.5. The van der Waals surface area contributed by atoms with Gasteiger partial charge in [0.05, 0.1) is 24.2 Å². The predicted octanol–water partition coefficient (Wildman–Crippen LogP) is 6.87. The van der Waals surface area contributed by atoms with Gasteiger partial charge in [0.15, 0.2) is 0 Å². The van der Waals surface area contributed by atoms with Crippen LogP contribution >= 0.6 is 11.6 Å². The minimum absolute atomic E-state index is 0.101. The SMILES string of the molecule is CC/C=C/[C@@](CO)(OC)[C@@H]1CC[C@H]1CN1C[C@@]2(CCCc3cc(Cl)ccc32)COc2ccc(C(=O)NS(=O)(=O)[C@@H](C)Cc3ccccc3)cc21. The highest BCUT2D eigenvalue weighted by molar-refractivity contribution is 7.90. The fourth-order valence-corrected chi connectivity index (χ4v) is 9.39. The number of amides is 1. The lowest BCUT2D eigenvalue weighted by atomic mass is 9.64. The molecular formula is C40H49ClN2O6S. The molecule has 0 bridgehead atoms. The van der Waals surface area contributed by atoms with Gasteiger partial charge in [-0.25, -0.2) is 13.1 Å². The number of carbonyl (C=O) groups excluding carboxylic acids is 1. The number of benzene rings is 3. The average Bonchev–Trinajstić information content (AvgIpc) is 3.25. The average molecular weight is 721 g/mol. The normalized spacial score (nSPS) is 23.6. The quantitative estimate of drug-likeness (QED) is 0.197. The fourth-order valence-electron chi connectivity index (χ4n) is 8.21. The molecule has 10 heteroatoms. The Morgan fingerprint density at radius 1 is 1.18 bits per heavy atom. The number of nitrogens with one attached hydrogen (secondary N) is 1. The van der Waals surface area contributed by atoms with Gasteiger partial charge in [-0.1, -0.05) is 67.1 Å². The Hall–Kier alpha value is -3.37. The Morgan fingerprint density at radius 3 is 2.68 bits per heavy atom. The molecule has 1 heterocycles. The van der Waals surface area contributed by atoms with E-state index in [4.69, 9.17) is 21.1 Å². The van der Waals surface area contributed by atoms with Gasteiger partial charge in [-0.2, -0.15) is 0 Å². The minimum Gasteiger partial charge on any atom is -0.490 e. The molecule has 2 aliphatic carbocycles. The summed E-state index contributed by atoms with van der Waals surface area (Å²) >= 11 is 6.45.